The molecule has 3 rings (SSSR count). The highest BCUT2D eigenvalue weighted by molar-refractivity contribution is 7.10. The van der Waals surface area contributed by atoms with E-state index >= 15 is 0 Å². The number of Topliss-reactive ketones (excluding diaryl/α,β-unsaturated/α-hetero) is 1. The van der Waals surface area contributed by atoms with E-state index in [1.165, 1.54) is 11.3 Å². The fourth-order valence-corrected chi connectivity index (χ4v) is 4.86. The second-order valence-electron chi connectivity index (χ2n) is 7.83. The van der Waals surface area contributed by atoms with E-state index in [2.05, 4.69) is 0 Å². The van der Waals surface area contributed by atoms with Gasteiger partial charge >= 0.3 is 6.09 Å². The lowest BCUT2D eigenvalue weighted by Gasteiger charge is -2.39. The maximum absolute atomic E-state index is 13.0. The maximum Gasteiger partial charge on any atom is 0.409 e. The number of hydrogen-bond donors (Lipinski definition) is 1. The third-order valence-electron chi connectivity index (χ3n) is 5.33. The van der Waals surface area contributed by atoms with E-state index < -0.39 is 17.7 Å². The zero-order valence-electron chi connectivity index (χ0n) is 17.1. The fourth-order valence-electron chi connectivity index (χ4n) is 4.03. The van der Waals surface area contributed by atoms with Gasteiger partial charge in [0.2, 0.25) is 0 Å². The lowest BCUT2D eigenvalue weighted by molar-refractivity contribution is -0.132. The third-order valence-corrected chi connectivity index (χ3v) is 6.26. The number of aliphatic hydroxyl groups excluding tert-OH is 1. The average Bonchev–Trinajstić information content (AvgIpc) is 3.29. The minimum Gasteiger partial charge on any atom is -0.503 e. The summed E-state index contributed by atoms with van der Waals surface area (Å²) in [6.07, 6.45) is 1.09. The third kappa shape index (κ3) is 4.32. The molecule has 2 amide bonds. The summed E-state index contributed by atoms with van der Waals surface area (Å²) in [5.41, 5.74) is 0.207. The van der Waals surface area contributed by atoms with Gasteiger partial charge in [0.25, 0.3) is 5.91 Å². The van der Waals surface area contributed by atoms with E-state index in [1.807, 2.05) is 31.4 Å². The minimum absolute atomic E-state index is 0.128. The van der Waals surface area contributed by atoms with Crippen molar-refractivity contribution in [3.63, 3.8) is 0 Å². The van der Waals surface area contributed by atoms with Gasteiger partial charge in [-0.25, -0.2) is 4.79 Å². The highest BCUT2D eigenvalue weighted by Crippen LogP contribution is 2.43. The molecule has 29 heavy (non-hydrogen) atoms. The van der Waals surface area contributed by atoms with Crippen LogP contribution in [-0.4, -0.2) is 58.4 Å². The highest BCUT2D eigenvalue weighted by Gasteiger charge is 2.47. The number of thiophene rings is 1. The Morgan fingerprint density at radius 2 is 2.00 bits per heavy atom. The molecule has 158 valence electrons. The molecule has 1 atom stereocenters. The van der Waals surface area contributed by atoms with Gasteiger partial charge in [0.1, 0.15) is 0 Å². The number of ketones is 1. The van der Waals surface area contributed by atoms with Gasteiger partial charge in [-0.1, -0.05) is 19.9 Å². The van der Waals surface area contributed by atoms with Gasteiger partial charge in [-0.15, -0.1) is 11.3 Å². The van der Waals surface area contributed by atoms with E-state index in [9.17, 15) is 19.5 Å². The fraction of sp³-hybridized carbons (Fsp3) is 0.571. The summed E-state index contributed by atoms with van der Waals surface area (Å²) in [4.78, 5) is 42.0. The molecule has 1 aromatic rings. The summed E-state index contributed by atoms with van der Waals surface area (Å²) in [6, 6.07) is 3.05. The molecule has 2 aliphatic heterocycles. The minimum atomic E-state index is -0.562. The van der Waals surface area contributed by atoms with Crippen molar-refractivity contribution in [3.05, 3.63) is 33.7 Å². The average molecular weight is 421 g/mol. The van der Waals surface area contributed by atoms with Gasteiger partial charge in [-0.05, 0) is 37.1 Å². The van der Waals surface area contributed by atoms with Crippen molar-refractivity contribution < 1.29 is 24.2 Å². The predicted molar refractivity (Wildman–Crippen MR) is 110 cm³/mol. The van der Waals surface area contributed by atoms with E-state index in [0.29, 0.717) is 32.5 Å². The molecule has 8 heteroatoms. The summed E-state index contributed by atoms with van der Waals surface area (Å²) in [5, 5.41) is 12.5. The normalized spacial score (nSPS) is 20.7. The van der Waals surface area contributed by atoms with Crippen LogP contribution in [0.15, 0.2) is 28.8 Å². The summed E-state index contributed by atoms with van der Waals surface area (Å²) >= 11 is 1.47. The molecule has 0 bridgehead atoms. The molecule has 0 saturated carbocycles. The van der Waals surface area contributed by atoms with Crippen LogP contribution in [0.2, 0.25) is 0 Å². The van der Waals surface area contributed by atoms with E-state index in [1.54, 1.807) is 16.7 Å². The number of likely N-dealkylation sites (tertiary alicyclic amines) is 1. The van der Waals surface area contributed by atoms with Crippen molar-refractivity contribution in [3.8, 4) is 0 Å². The number of aliphatic hydroxyl groups is 1. The van der Waals surface area contributed by atoms with Crippen LogP contribution in [0.4, 0.5) is 4.79 Å². The monoisotopic (exact) mass is 420 g/mol. The van der Waals surface area contributed by atoms with Crippen molar-refractivity contribution >= 4 is 29.1 Å². The summed E-state index contributed by atoms with van der Waals surface area (Å²) in [7, 11) is 0. The molecule has 7 nitrogen and oxygen atoms in total. The van der Waals surface area contributed by atoms with Crippen LogP contribution in [0.3, 0.4) is 0 Å². The Morgan fingerprint density at radius 3 is 2.55 bits per heavy atom. The Labute approximate surface area is 174 Å². The molecule has 1 saturated heterocycles. The molecular weight excluding hydrogens is 392 g/mol. The second-order valence-corrected chi connectivity index (χ2v) is 8.81. The zero-order valence-corrected chi connectivity index (χ0v) is 17.9. The van der Waals surface area contributed by atoms with Gasteiger partial charge < -0.3 is 19.6 Å². The second kappa shape index (κ2) is 8.98. The number of hydrogen-bond acceptors (Lipinski definition) is 6. The first-order chi connectivity index (χ1) is 13.8. The van der Waals surface area contributed by atoms with Crippen molar-refractivity contribution in [1.82, 2.24) is 9.80 Å². The van der Waals surface area contributed by atoms with Gasteiger partial charge in [-0.2, -0.15) is 0 Å². The lowest BCUT2D eigenvalue weighted by atomic mass is 9.94. The highest BCUT2D eigenvalue weighted by atomic mass is 32.1. The predicted octanol–water partition coefficient (Wildman–Crippen LogP) is 3.68. The number of carbonyl (C=O) groups is 3. The van der Waals surface area contributed by atoms with Gasteiger partial charge in [0, 0.05) is 30.4 Å². The largest absolute Gasteiger partial charge is 0.503 e. The summed E-state index contributed by atoms with van der Waals surface area (Å²) < 4.78 is 5.06. The van der Waals surface area contributed by atoms with E-state index in [0.717, 1.165) is 4.88 Å². The van der Waals surface area contributed by atoms with Gasteiger partial charge in [0.05, 0.1) is 18.2 Å². The number of ether oxygens (including phenoxy) is 1. The van der Waals surface area contributed by atoms with Crippen LogP contribution in [0.1, 0.15) is 51.0 Å². The Morgan fingerprint density at radius 1 is 1.31 bits per heavy atom. The quantitative estimate of drug-likeness (QED) is 0.759. The standard InChI is InChI=1S/C21H28N2O5S/c1-4-28-21(27)22-9-7-14(8-10-22)23-18(16-6-5-11-29-16)17(19(25)20(23)26)15(24)12-13(2)3/h5-6,11,13-14,18,25H,4,7-10,12H2,1-3H3. The molecule has 3 heterocycles. The first-order valence-electron chi connectivity index (χ1n) is 10.1. The number of nitrogens with zero attached hydrogens (tertiary/aromatic N) is 2. The number of piperidine rings is 1. The van der Waals surface area contributed by atoms with Crippen LogP contribution in [0, 0.1) is 5.92 Å². The molecule has 1 N–H and O–H groups in total. The smallest absolute Gasteiger partial charge is 0.409 e. The molecule has 0 radical (unpaired) electrons. The first kappa shape index (κ1) is 21.4. The van der Waals surface area contributed by atoms with Crippen LogP contribution in [0.25, 0.3) is 0 Å². The Bertz CT molecular complexity index is 794. The maximum atomic E-state index is 13.0. The van der Waals surface area contributed by atoms with Crippen LogP contribution in [0.5, 0.6) is 0 Å². The van der Waals surface area contributed by atoms with Crippen LogP contribution >= 0.6 is 11.3 Å². The van der Waals surface area contributed by atoms with E-state index in [-0.39, 0.29) is 35.8 Å². The van der Waals surface area contributed by atoms with Crippen molar-refractivity contribution in [2.75, 3.05) is 19.7 Å². The van der Waals surface area contributed by atoms with Gasteiger partial charge in [-0.3, -0.25) is 9.59 Å². The first-order valence-corrected chi connectivity index (χ1v) is 11.0. The SMILES string of the molecule is CCOC(=O)N1CCC(N2C(=O)C(O)=C(C(=O)CC(C)C)C2c2cccs2)CC1. The van der Waals surface area contributed by atoms with Crippen molar-refractivity contribution in [1.29, 1.82) is 0 Å². The van der Waals surface area contributed by atoms with Gasteiger partial charge in [0.15, 0.2) is 11.5 Å². The zero-order chi connectivity index (χ0) is 21.1. The Hall–Kier alpha value is -2.35. The van der Waals surface area contributed by atoms with Crippen LogP contribution < -0.4 is 0 Å². The molecule has 1 fully saturated rings. The molecular formula is C21H28N2O5S. The number of amides is 2. The lowest BCUT2D eigenvalue weighted by Crippen LogP contribution is -2.48. The van der Waals surface area contributed by atoms with Crippen molar-refractivity contribution in [2.45, 2.75) is 52.1 Å². The molecule has 1 aromatic heterocycles. The van der Waals surface area contributed by atoms with E-state index in [4.69, 9.17) is 4.74 Å². The van der Waals surface area contributed by atoms with Crippen molar-refractivity contribution in [2.24, 2.45) is 5.92 Å². The number of rotatable bonds is 6. The summed E-state index contributed by atoms with van der Waals surface area (Å²) in [5.74, 6) is -0.980. The Balaban J connectivity index is 1.84. The molecule has 0 spiro atoms. The molecule has 1 unspecified atom stereocenters. The topological polar surface area (TPSA) is 87.2 Å². The van der Waals surface area contributed by atoms with Crippen LogP contribution in [-0.2, 0) is 14.3 Å². The summed E-state index contributed by atoms with van der Waals surface area (Å²) in [6.45, 7) is 6.91. The molecule has 0 aromatic carbocycles. The molecule has 2 aliphatic rings. The Kier molecular flexibility index (Phi) is 6.62. The molecule has 0 aliphatic carbocycles. The number of carbonyl (C=O) groups excluding carboxylic acids is 3.